The summed E-state index contributed by atoms with van der Waals surface area (Å²) in [5, 5.41) is 0. The second-order valence-corrected chi connectivity index (χ2v) is 15.1. The molecule has 1 saturated carbocycles. The van der Waals surface area contributed by atoms with Crippen LogP contribution in [0.5, 0.6) is 0 Å². The summed E-state index contributed by atoms with van der Waals surface area (Å²) in [6.45, 7) is 14.0. The number of nitrogens with one attached hydrogen (secondary N) is 1. The number of benzene rings is 2. The van der Waals surface area contributed by atoms with Crippen LogP contribution in [0.3, 0.4) is 0 Å². The lowest BCUT2D eigenvalue weighted by Gasteiger charge is -2.30. The average Bonchev–Trinajstić information content (AvgIpc) is 3.08. The second kappa shape index (κ2) is 12.1. The number of fused-ring (bicyclic) bond motifs is 1. The molecule has 7 heteroatoms. The molecular weight excluding hydrogens is 534 g/mol. The van der Waals surface area contributed by atoms with Gasteiger partial charge in [0.1, 0.15) is 11.4 Å². The molecule has 2 atom stereocenters. The third-order valence-electron chi connectivity index (χ3n) is 7.63. The lowest BCUT2D eigenvalue weighted by molar-refractivity contribution is -0.158. The van der Waals surface area contributed by atoms with E-state index in [1.807, 2.05) is 45.1 Å². The predicted octanol–water partition coefficient (Wildman–Crippen LogP) is 7.37. The fourth-order valence-electron chi connectivity index (χ4n) is 5.62. The van der Waals surface area contributed by atoms with Crippen LogP contribution < -0.4 is 4.72 Å². The van der Waals surface area contributed by atoms with Gasteiger partial charge in [-0.3, -0.25) is 0 Å². The van der Waals surface area contributed by atoms with E-state index in [-0.39, 0.29) is 28.9 Å². The van der Waals surface area contributed by atoms with Gasteiger partial charge in [0.2, 0.25) is 10.0 Å². The van der Waals surface area contributed by atoms with Gasteiger partial charge in [-0.1, -0.05) is 69.2 Å². The van der Waals surface area contributed by atoms with Crippen molar-refractivity contribution >= 4 is 16.0 Å². The Kier molecular flexibility index (Phi) is 9.19. The number of aryl methyl sites for hydroxylation is 1. The number of hydrogen-bond acceptors (Lipinski definition) is 5. The SMILES string of the molecule is Cc1cc(-c2ccc(S(=O)(=O)NC3CCCCC4=C(OCC(=O)OC(C)(C)C)C=CCC43)cc2)cc(C(C)(C)C)c1. The van der Waals surface area contributed by atoms with Crippen molar-refractivity contribution in [3.63, 3.8) is 0 Å². The maximum Gasteiger partial charge on any atom is 0.344 e. The number of carbonyl (C=O) groups excluding carboxylic acids is 1. The summed E-state index contributed by atoms with van der Waals surface area (Å²) in [5.41, 5.74) is 5.02. The van der Waals surface area contributed by atoms with Gasteiger partial charge in [0.15, 0.2) is 6.61 Å². The van der Waals surface area contributed by atoms with Gasteiger partial charge in [-0.15, -0.1) is 0 Å². The number of hydrogen-bond donors (Lipinski definition) is 1. The number of carbonyl (C=O) groups is 1. The van der Waals surface area contributed by atoms with Crippen LogP contribution in [0.25, 0.3) is 11.1 Å². The van der Waals surface area contributed by atoms with E-state index in [2.05, 4.69) is 50.6 Å². The Bertz CT molecular complexity index is 1420. The molecule has 2 aliphatic carbocycles. The van der Waals surface area contributed by atoms with Crippen LogP contribution in [-0.4, -0.2) is 32.6 Å². The molecule has 1 fully saturated rings. The molecular formula is C34H45NO5S. The van der Waals surface area contributed by atoms with Crippen molar-refractivity contribution < 1.29 is 22.7 Å². The minimum Gasteiger partial charge on any atom is -0.482 e. The molecule has 2 unspecified atom stereocenters. The molecule has 41 heavy (non-hydrogen) atoms. The fraction of sp³-hybridized carbons (Fsp3) is 0.500. The molecule has 0 heterocycles. The van der Waals surface area contributed by atoms with E-state index in [0.29, 0.717) is 5.76 Å². The molecule has 1 N–H and O–H groups in total. The highest BCUT2D eigenvalue weighted by Gasteiger charge is 2.34. The van der Waals surface area contributed by atoms with Crippen molar-refractivity contribution in [1.29, 1.82) is 0 Å². The standard InChI is InChI=1S/C34H45NO5S/c1-23-19-25(21-26(20-23)33(2,3)4)24-15-17-27(18-16-24)41(37,38)35-30-13-9-8-11-29-28(30)12-10-14-31(29)39-22-32(36)40-34(5,6)7/h10,14-21,28,30,35H,8-9,11-13,22H2,1-7H3. The summed E-state index contributed by atoms with van der Waals surface area (Å²) >= 11 is 0. The Morgan fingerprint density at radius 2 is 1.68 bits per heavy atom. The van der Waals surface area contributed by atoms with Gasteiger partial charge in [-0.05, 0) is 99.3 Å². The Morgan fingerprint density at radius 1 is 0.976 bits per heavy atom. The van der Waals surface area contributed by atoms with Crippen LogP contribution >= 0.6 is 0 Å². The summed E-state index contributed by atoms with van der Waals surface area (Å²) in [5.74, 6) is 0.222. The summed E-state index contributed by atoms with van der Waals surface area (Å²) in [6, 6.07) is 13.4. The summed E-state index contributed by atoms with van der Waals surface area (Å²) in [7, 11) is -3.74. The first-order valence-electron chi connectivity index (χ1n) is 14.6. The minimum atomic E-state index is -3.74. The molecule has 2 aliphatic rings. The van der Waals surface area contributed by atoms with Crippen LogP contribution in [0.4, 0.5) is 0 Å². The van der Waals surface area contributed by atoms with Crippen molar-refractivity contribution in [3.8, 4) is 11.1 Å². The zero-order valence-electron chi connectivity index (χ0n) is 25.5. The van der Waals surface area contributed by atoms with Crippen LogP contribution in [0.2, 0.25) is 0 Å². The third-order valence-corrected chi connectivity index (χ3v) is 9.14. The van der Waals surface area contributed by atoms with Crippen LogP contribution in [0, 0.1) is 12.8 Å². The normalized spacial score (nSPS) is 19.9. The number of esters is 1. The van der Waals surface area contributed by atoms with Gasteiger partial charge in [0, 0.05) is 12.0 Å². The van der Waals surface area contributed by atoms with Crippen LogP contribution in [0.1, 0.15) is 84.8 Å². The van der Waals surface area contributed by atoms with Gasteiger partial charge in [0.25, 0.3) is 0 Å². The van der Waals surface area contributed by atoms with Crippen molar-refractivity contribution in [2.24, 2.45) is 5.92 Å². The Hall–Kier alpha value is -2.90. The third kappa shape index (κ3) is 8.10. The minimum absolute atomic E-state index is 0.0201. The molecule has 0 radical (unpaired) electrons. The number of rotatable bonds is 7. The van der Waals surface area contributed by atoms with E-state index in [0.717, 1.165) is 48.8 Å². The van der Waals surface area contributed by atoms with E-state index in [1.54, 1.807) is 12.1 Å². The highest BCUT2D eigenvalue weighted by Crippen LogP contribution is 2.38. The lowest BCUT2D eigenvalue weighted by atomic mass is 9.84. The highest BCUT2D eigenvalue weighted by atomic mass is 32.2. The molecule has 2 aromatic carbocycles. The van der Waals surface area contributed by atoms with E-state index < -0.39 is 21.6 Å². The van der Waals surface area contributed by atoms with Crippen molar-refractivity contribution in [2.45, 2.75) is 103 Å². The van der Waals surface area contributed by atoms with Crippen LogP contribution in [-0.2, 0) is 29.7 Å². The molecule has 0 saturated heterocycles. The van der Waals surface area contributed by atoms with Crippen molar-refractivity contribution in [2.75, 3.05) is 6.61 Å². The van der Waals surface area contributed by atoms with Crippen molar-refractivity contribution in [1.82, 2.24) is 4.72 Å². The second-order valence-electron chi connectivity index (χ2n) is 13.3. The number of sulfonamides is 1. The fourth-order valence-corrected chi connectivity index (χ4v) is 6.93. The van der Waals surface area contributed by atoms with Crippen molar-refractivity contribution in [3.05, 3.63) is 77.1 Å². The monoisotopic (exact) mass is 579 g/mol. The number of allylic oxidation sites excluding steroid dienone is 2. The molecule has 222 valence electrons. The van der Waals surface area contributed by atoms with Gasteiger partial charge in [-0.25, -0.2) is 17.9 Å². The first kappa shape index (κ1) is 31.0. The van der Waals surface area contributed by atoms with Gasteiger partial charge < -0.3 is 9.47 Å². The van der Waals surface area contributed by atoms with Gasteiger partial charge >= 0.3 is 5.97 Å². The van der Waals surface area contributed by atoms with E-state index >= 15 is 0 Å². The Morgan fingerprint density at radius 3 is 2.34 bits per heavy atom. The molecule has 4 rings (SSSR count). The lowest BCUT2D eigenvalue weighted by Crippen LogP contribution is -2.41. The van der Waals surface area contributed by atoms with E-state index in [4.69, 9.17) is 9.47 Å². The summed E-state index contributed by atoms with van der Waals surface area (Å²) < 4.78 is 41.5. The molecule has 0 aromatic heterocycles. The summed E-state index contributed by atoms with van der Waals surface area (Å²) in [4.78, 5) is 12.5. The molecule has 0 spiro atoms. The zero-order valence-corrected chi connectivity index (χ0v) is 26.4. The predicted molar refractivity (Wildman–Crippen MR) is 164 cm³/mol. The topological polar surface area (TPSA) is 81.7 Å². The Labute approximate surface area is 246 Å². The first-order valence-corrected chi connectivity index (χ1v) is 16.1. The quantitative estimate of drug-likeness (QED) is 0.347. The Balaban J connectivity index is 1.51. The maximum atomic E-state index is 13.6. The maximum absolute atomic E-state index is 13.6. The smallest absolute Gasteiger partial charge is 0.344 e. The molecule has 0 aliphatic heterocycles. The molecule has 0 bridgehead atoms. The summed E-state index contributed by atoms with van der Waals surface area (Å²) in [6.07, 6.45) is 8.06. The van der Waals surface area contributed by atoms with Gasteiger partial charge in [0.05, 0.1) is 4.90 Å². The molecule has 0 amide bonds. The number of ether oxygens (including phenoxy) is 2. The first-order chi connectivity index (χ1) is 19.1. The van der Waals surface area contributed by atoms with Gasteiger partial charge in [-0.2, -0.15) is 0 Å². The largest absolute Gasteiger partial charge is 0.482 e. The highest BCUT2D eigenvalue weighted by molar-refractivity contribution is 7.89. The molecule has 2 aromatic rings. The average molecular weight is 580 g/mol. The van der Waals surface area contributed by atoms with E-state index in [1.165, 1.54) is 11.1 Å². The van der Waals surface area contributed by atoms with Crippen LogP contribution in [0.15, 0.2) is 70.8 Å². The molecule has 6 nitrogen and oxygen atoms in total. The van der Waals surface area contributed by atoms with E-state index in [9.17, 15) is 13.2 Å². The zero-order chi connectivity index (χ0) is 30.0.